The summed E-state index contributed by atoms with van der Waals surface area (Å²) in [5.74, 6) is -1.68. The number of ether oxygens (including phenoxy) is 1. The fourth-order valence-corrected chi connectivity index (χ4v) is 4.17. The number of urea groups is 1. The number of anilines is 1. The number of primary amides is 1. The Kier molecular flexibility index (Phi) is 8.88. The maximum absolute atomic E-state index is 13.1. The number of carbonyl (C=O) groups excluding carboxylic acids is 3. The zero-order chi connectivity index (χ0) is 26.2. The Bertz CT molecular complexity index is 1100. The van der Waals surface area contributed by atoms with Gasteiger partial charge in [-0.3, -0.25) is 9.59 Å². The smallest absolute Gasteiger partial charge is 0.326 e. The molecule has 10 nitrogen and oxygen atoms in total. The van der Waals surface area contributed by atoms with Crippen LogP contribution in [0.2, 0.25) is 0 Å². The summed E-state index contributed by atoms with van der Waals surface area (Å²) in [6.45, 7) is 4.02. The third-order valence-corrected chi connectivity index (χ3v) is 5.85. The first-order valence-electron chi connectivity index (χ1n) is 11.8. The van der Waals surface area contributed by atoms with E-state index in [4.69, 9.17) is 10.5 Å². The summed E-state index contributed by atoms with van der Waals surface area (Å²) in [6, 6.07) is 11.5. The van der Waals surface area contributed by atoms with Gasteiger partial charge in [0.15, 0.2) is 0 Å². The molecule has 192 valence electrons. The fraction of sp³-hybridized carbons (Fsp3) is 0.385. The molecule has 0 spiro atoms. The first kappa shape index (κ1) is 26.5. The average molecular weight is 497 g/mol. The van der Waals surface area contributed by atoms with Crippen LogP contribution in [0.5, 0.6) is 5.75 Å². The molecule has 4 amide bonds. The highest BCUT2D eigenvalue weighted by Gasteiger charge is 2.30. The SMILES string of the molecule is CC(C)C[C@H](NC(=O)[C@H](Cc1ccccc1)NC(=O)CC1COc2ccc(NC(N)=O)cc21)C(=O)O. The van der Waals surface area contributed by atoms with Gasteiger partial charge < -0.3 is 31.5 Å². The Labute approximate surface area is 209 Å². The number of aliphatic carboxylic acids is 1. The van der Waals surface area contributed by atoms with Crippen molar-refractivity contribution in [2.45, 2.75) is 51.1 Å². The zero-order valence-electron chi connectivity index (χ0n) is 20.3. The summed E-state index contributed by atoms with van der Waals surface area (Å²) >= 11 is 0. The van der Waals surface area contributed by atoms with Gasteiger partial charge in [0.2, 0.25) is 11.8 Å². The van der Waals surface area contributed by atoms with E-state index in [1.54, 1.807) is 18.2 Å². The van der Waals surface area contributed by atoms with Gasteiger partial charge in [0.05, 0.1) is 6.61 Å². The van der Waals surface area contributed by atoms with Crippen molar-refractivity contribution in [3.63, 3.8) is 0 Å². The predicted octanol–water partition coefficient (Wildman–Crippen LogP) is 2.39. The molecule has 36 heavy (non-hydrogen) atoms. The molecule has 0 fully saturated rings. The molecule has 2 aromatic rings. The normalized spacial score (nSPS) is 15.8. The quantitative estimate of drug-likeness (QED) is 0.321. The van der Waals surface area contributed by atoms with Gasteiger partial charge in [0.25, 0.3) is 0 Å². The van der Waals surface area contributed by atoms with Crippen LogP contribution >= 0.6 is 0 Å². The summed E-state index contributed by atoms with van der Waals surface area (Å²) < 4.78 is 5.67. The standard InChI is InChI=1S/C26H32N4O6/c1-15(2)10-21(25(33)34)30-24(32)20(11-16-6-4-3-5-7-16)29-23(31)12-17-14-36-22-9-8-18(13-19(17)22)28-26(27)35/h3-9,13,15,17,20-21H,10-12,14H2,1-2H3,(H,29,31)(H,30,32)(H,33,34)(H3,27,28,35)/t17?,20-,21-/m0/s1. The van der Waals surface area contributed by atoms with Crippen LogP contribution in [-0.4, -0.2) is 47.6 Å². The molecule has 1 aliphatic rings. The number of fused-ring (bicyclic) bond motifs is 1. The molecule has 0 radical (unpaired) electrons. The highest BCUT2D eigenvalue weighted by atomic mass is 16.5. The second kappa shape index (κ2) is 12.1. The van der Waals surface area contributed by atoms with E-state index < -0.39 is 30.0 Å². The Morgan fingerprint density at radius 2 is 1.78 bits per heavy atom. The van der Waals surface area contributed by atoms with Crippen molar-refractivity contribution in [2.75, 3.05) is 11.9 Å². The fourth-order valence-electron chi connectivity index (χ4n) is 4.17. The summed E-state index contributed by atoms with van der Waals surface area (Å²) in [7, 11) is 0. The molecule has 0 saturated carbocycles. The Balaban J connectivity index is 1.72. The Morgan fingerprint density at radius 3 is 2.42 bits per heavy atom. The highest BCUT2D eigenvalue weighted by molar-refractivity contribution is 5.91. The topological polar surface area (TPSA) is 160 Å². The van der Waals surface area contributed by atoms with E-state index in [2.05, 4.69) is 16.0 Å². The second-order valence-electron chi connectivity index (χ2n) is 9.29. The third kappa shape index (κ3) is 7.46. The third-order valence-electron chi connectivity index (χ3n) is 5.85. The van der Waals surface area contributed by atoms with Crippen molar-refractivity contribution >= 4 is 29.5 Å². The molecule has 1 heterocycles. The number of benzene rings is 2. The summed E-state index contributed by atoms with van der Waals surface area (Å²) in [6.07, 6.45) is 0.516. The molecule has 0 aliphatic carbocycles. The zero-order valence-corrected chi connectivity index (χ0v) is 20.3. The number of carbonyl (C=O) groups is 4. The van der Waals surface area contributed by atoms with Crippen LogP contribution < -0.4 is 26.4 Å². The maximum Gasteiger partial charge on any atom is 0.326 e. The van der Waals surface area contributed by atoms with Crippen molar-refractivity contribution in [3.05, 3.63) is 59.7 Å². The van der Waals surface area contributed by atoms with Gasteiger partial charge in [0.1, 0.15) is 17.8 Å². The summed E-state index contributed by atoms with van der Waals surface area (Å²) in [5.41, 5.74) is 7.26. The van der Waals surface area contributed by atoms with Crippen LogP contribution in [0.15, 0.2) is 48.5 Å². The first-order valence-corrected chi connectivity index (χ1v) is 11.8. The van der Waals surface area contributed by atoms with Gasteiger partial charge in [-0.1, -0.05) is 44.2 Å². The van der Waals surface area contributed by atoms with E-state index in [1.165, 1.54) is 0 Å². The van der Waals surface area contributed by atoms with Crippen molar-refractivity contribution in [2.24, 2.45) is 11.7 Å². The van der Waals surface area contributed by atoms with Crippen molar-refractivity contribution < 1.29 is 29.0 Å². The van der Waals surface area contributed by atoms with Gasteiger partial charge >= 0.3 is 12.0 Å². The molecule has 6 N–H and O–H groups in total. The van der Waals surface area contributed by atoms with E-state index in [9.17, 15) is 24.3 Å². The highest BCUT2D eigenvalue weighted by Crippen LogP contribution is 2.37. The minimum absolute atomic E-state index is 0.0416. The van der Waals surface area contributed by atoms with Gasteiger partial charge in [-0.05, 0) is 36.1 Å². The number of carboxylic acid groups (broad SMARTS) is 1. The molecule has 10 heteroatoms. The molecule has 0 bridgehead atoms. The number of hydrogen-bond donors (Lipinski definition) is 5. The largest absolute Gasteiger partial charge is 0.493 e. The molecule has 1 unspecified atom stereocenters. The van der Waals surface area contributed by atoms with E-state index in [-0.39, 0.29) is 43.6 Å². The number of hydrogen-bond acceptors (Lipinski definition) is 5. The van der Waals surface area contributed by atoms with E-state index in [1.807, 2.05) is 44.2 Å². The number of amides is 4. The summed E-state index contributed by atoms with van der Waals surface area (Å²) in [5, 5.41) is 17.4. The number of nitrogens with one attached hydrogen (secondary N) is 3. The molecule has 2 aromatic carbocycles. The Morgan fingerprint density at radius 1 is 1.06 bits per heavy atom. The lowest BCUT2D eigenvalue weighted by Crippen LogP contribution is -2.52. The minimum Gasteiger partial charge on any atom is -0.493 e. The number of nitrogens with two attached hydrogens (primary N) is 1. The van der Waals surface area contributed by atoms with Crippen molar-refractivity contribution in [3.8, 4) is 5.75 Å². The van der Waals surface area contributed by atoms with Gasteiger partial charge in [0, 0.05) is 30.0 Å². The van der Waals surface area contributed by atoms with Crippen LogP contribution in [0.25, 0.3) is 0 Å². The van der Waals surface area contributed by atoms with E-state index in [0.717, 1.165) is 11.1 Å². The molecule has 0 aromatic heterocycles. The Hall–Kier alpha value is -4.08. The van der Waals surface area contributed by atoms with Gasteiger partial charge in [-0.25, -0.2) is 9.59 Å². The second-order valence-corrected chi connectivity index (χ2v) is 9.29. The van der Waals surface area contributed by atoms with Crippen LogP contribution in [0, 0.1) is 5.92 Å². The van der Waals surface area contributed by atoms with E-state index in [0.29, 0.717) is 11.4 Å². The van der Waals surface area contributed by atoms with Crippen LogP contribution in [-0.2, 0) is 20.8 Å². The molecular weight excluding hydrogens is 464 g/mol. The van der Waals surface area contributed by atoms with Crippen molar-refractivity contribution in [1.82, 2.24) is 10.6 Å². The number of carboxylic acids is 1. The maximum atomic E-state index is 13.1. The van der Waals surface area contributed by atoms with Crippen LogP contribution in [0.4, 0.5) is 10.5 Å². The first-order chi connectivity index (χ1) is 17.1. The lowest BCUT2D eigenvalue weighted by molar-refractivity contribution is -0.142. The molecule has 3 rings (SSSR count). The van der Waals surface area contributed by atoms with Gasteiger partial charge in [-0.2, -0.15) is 0 Å². The lowest BCUT2D eigenvalue weighted by atomic mass is 9.96. The van der Waals surface area contributed by atoms with E-state index >= 15 is 0 Å². The lowest BCUT2D eigenvalue weighted by Gasteiger charge is -2.23. The molecule has 3 atom stereocenters. The monoisotopic (exact) mass is 496 g/mol. The number of rotatable bonds is 11. The average Bonchev–Trinajstić information content (AvgIpc) is 3.19. The predicted molar refractivity (Wildman–Crippen MR) is 134 cm³/mol. The molecule has 0 saturated heterocycles. The van der Waals surface area contributed by atoms with Crippen LogP contribution in [0.3, 0.4) is 0 Å². The van der Waals surface area contributed by atoms with Gasteiger partial charge in [-0.15, -0.1) is 0 Å². The minimum atomic E-state index is -1.12. The van der Waals surface area contributed by atoms with Crippen molar-refractivity contribution in [1.29, 1.82) is 0 Å². The molecule has 1 aliphatic heterocycles. The molecular formula is C26H32N4O6. The summed E-state index contributed by atoms with van der Waals surface area (Å²) in [4.78, 5) is 49.0. The van der Waals surface area contributed by atoms with Crippen LogP contribution in [0.1, 0.15) is 43.7 Å².